The number of carbonyl (C=O) groups is 3. The average molecular weight is 336 g/mol. The molecule has 0 radical (unpaired) electrons. The first-order valence-corrected chi connectivity index (χ1v) is 7.57. The molecule has 1 aromatic carbocycles. The van der Waals surface area contributed by atoms with Gasteiger partial charge in [0.05, 0.1) is 0 Å². The highest BCUT2D eigenvalue weighted by Gasteiger charge is 2.48. The Morgan fingerprint density at radius 1 is 1.21 bits per heavy atom. The van der Waals surface area contributed by atoms with Gasteiger partial charge in [0.1, 0.15) is 18.7 Å². The van der Waals surface area contributed by atoms with E-state index in [2.05, 4.69) is 5.32 Å². The number of rotatable bonds is 8. The van der Waals surface area contributed by atoms with Gasteiger partial charge in [-0.05, 0) is 30.2 Å². The molecule has 4 atom stereocenters. The van der Waals surface area contributed by atoms with Crippen LogP contribution in [0.3, 0.4) is 0 Å². The lowest BCUT2D eigenvalue weighted by atomic mass is 10.1. The van der Waals surface area contributed by atoms with Crippen LogP contribution in [0.5, 0.6) is 0 Å². The third kappa shape index (κ3) is 4.95. The molecule has 0 bridgehead atoms. The summed E-state index contributed by atoms with van der Waals surface area (Å²) in [5, 5.41) is 20.4. The van der Waals surface area contributed by atoms with Gasteiger partial charge in [-0.15, -0.1) is 0 Å². The third-order valence-corrected chi connectivity index (χ3v) is 4.03. The molecule has 0 spiro atoms. The number of benzene rings is 1. The molecule has 1 fully saturated rings. The first kappa shape index (κ1) is 17.7. The lowest BCUT2D eigenvalue weighted by Gasteiger charge is -2.15. The van der Waals surface area contributed by atoms with Gasteiger partial charge in [-0.3, -0.25) is 4.79 Å². The zero-order chi connectivity index (χ0) is 17.7. The van der Waals surface area contributed by atoms with Crippen LogP contribution < -0.4 is 11.1 Å². The van der Waals surface area contributed by atoms with E-state index in [9.17, 15) is 19.5 Å². The summed E-state index contributed by atoms with van der Waals surface area (Å²) in [4.78, 5) is 33.9. The smallest absolute Gasteiger partial charge is 0.408 e. The van der Waals surface area contributed by atoms with Crippen LogP contribution in [-0.4, -0.2) is 40.3 Å². The summed E-state index contributed by atoms with van der Waals surface area (Å²) in [6.45, 7) is 0.0387. The maximum atomic E-state index is 11.8. The van der Waals surface area contributed by atoms with Crippen molar-refractivity contribution in [2.45, 2.75) is 31.5 Å². The van der Waals surface area contributed by atoms with Gasteiger partial charge < -0.3 is 26.0 Å². The van der Waals surface area contributed by atoms with Crippen LogP contribution in [0.15, 0.2) is 30.3 Å². The van der Waals surface area contributed by atoms with Crippen LogP contribution >= 0.6 is 0 Å². The van der Waals surface area contributed by atoms with Crippen LogP contribution in [0, 0.1) is 11.8 Å². The molecule has 130 valence electrons. The Kier molecular flexibility index (Phi) is 5.75. The molecular weight excluding hydrogens is 316 g/mol. The number of nitrogens with two attached hydrogens (primary N) is 1. The highest BCUT2D eigenvalue weighted by atomic mass is 16.5. The quantitative estimate of drug-likeness (QED) is 0.550. The van der Waals surface area contributed by atoms with Crippen molar-refractivity contribution in [1.29, 1.82) is 0 Å². The molecule has 2 rings (SSSR count). The highest BCUT2D eigenvalue weighted by molar-refractivity contribution is 5.80. The summed E-state index contributed by atoms with van der Waals surface area (Å²) in [6, 6.07) is 6.87. The highest BCUT2D eigenvalue weighted by Crippen LogP contribution is 2.44. The molecule has 8 nitrogen and oxygen atoms in total. The molecular formula is C16H20N2O6. The summed E-state index contributed by atoms with van der Waals surface area (Å²) in [7, 11) is 0. The lowest BCUT2D eigenvalue weighted by molar-refractivity contribution is -0.140. The van der Waals surface area contributed by atoms with E-state index in [1.165, 1.54) is 0 Å². The summed E-state index contributed by atoms with van der Waals surface area (Å²) in [6.07, 6.45) is -0.124. The second-order valence-electron chi connectivity index (χ2n) is 5.86. The second-order valence-corrected chi connectivity index (χ2v) is 5.86. The van der Waals surface area contributed by atoms with E-state index >= 15 is 0 Å². The van der Waals surface area contributed by atoms with E-state index in [1.807, 2.05) is 6.07 Å². The minimum Gasteiger partial charge on any atom is -0.480 e. The van der Waals surface area contributed by atoms with E-state index < -0.39 is 30.1 Å². The Bertz CT molecular complexity index is 606. The van der Waals surface area contributed by atoms with E-state index in [0.29, 0.717) is 6.42 Å². The van der Waals surface area contributed by atoms with Gasteiger partial charge in [0.25, 0.3) is 0 Å². The van der Waals surface area contributed by atoms with Gasteiger partial charge in [-0.25, -0.2) is 9.59 Å². The number of hydrogen-bond donors (Lipinski definition) is 4. The molecule has 1 aliphatic rings. The number of hydrogen-bond acceptors (Lipinski definition) is 5. The monoisotopic (exact) mass is 336 g/mol. The Morgan fingerprint density at radius 2 is 1.88 bits per heavy atom. The van der Waals surface area contributed by atoms with E-state index in [-0.39, 0.29) is 24.9 Å². The SMILES string of the molecule is N[C@@H](C[C@H]1C[C@H]1[C@@H](NC(=O)OCc1ccccc1)C(=O)O)C(=O)O. The molecule has 8 heteroatoms. The van der Waals surface area contributed by atoms with E-state index in [0.717, 1.165) is 5.56 Å². The molecule has 0 heterocycles. The number of carboxylic acid groups (broad SMARTS) is 2. The molecule has 0 aliphatic heterocycles. The van der Waals surface area contributed by atoms with Crippen molar-refractivity contribution in [3.05, 3.63) is 35.9 Å². The zero-order valence-electron chi connectivity index (χ0n) is 12.9. The molecule has 5 N–H and O–H groups in total. The maximum Gasteiger partial charge on any atom is 0.408 e. The molecule has 1 saturated carbocycles. The van der Waals surface area contributed by atoms with E-state index in [4.69, 9.17) is 15.6 Å². The van der Waals surface area contributed by atoms with Gasteiger partial charge in [0.15, 0.2) is 0 Å². The van der Waals surface area contributed by atoms with Gasteiger partial charge in [0.2, 0.25) is 0 Å². The van der Waals surface area contributed by atoms with Crippen LogP contribution in [-0.2, 0) is 20.9 Å². The largest absolute Gasteiger partial charge is 0.480 e. The fraction of sp³-hybridized carbons (Fsp3) is 0.438. The number of amides is 1. The first-order valence-electron chi connectivity index (χ1n) is 7.57. The van der Waals surface area contributed by atoms with Crippen molar-refractivity contribution >= 4 is 18.0 Å². The average Bonchev–Trinajstić information content (AvgIpc) is 3.30. The summed E-state index contributed by atoms with van der Waals surface area (Å²) in [5.41, 5.74) is 6.24. The van der Waals surface area contributed by atoms with Crippen molar-refractivity contribution in [2.75, 3.05) is 0 Å². The molecule has 0 saturated heterocycles. The number of carbonyl (C=O) groups excluding carboxylic acids is 1. The Hall–Kier alpha value is -2.61. The standard InChI is InChI=1S/C16H20N2O6/c17-12(14(19)20)7-10-6-11(10)13(15(21)22)18-16(23)24-8-9-4-2-1-3-5-9/h1-5,10-13H,6-8,17H2,(H,18,23)(H,19,20)(H,21,22)/t10-,11-,12+,13-/m1/s1. The maximum absolute atomic E-state index is 11.8. The number of carboxylic acids is 2. The predicted octanol–water partition coefficient (Wildman–Crippen LogP) is 0.804. The van der Waals surface area contributed by atoms with Crippen LogP contribution in [0.4, 0.5) is 4.79 Å². The molecule has 1 aromatic rings. The third-order valence-electron chi connectivity index (χ3n) is 4.03. The Labute approximate surface area is 138 Å². The molecule has 0 unspecified atom stereocenters. The van der Waals surface area contributed by atoms with Crippen molar-refractivity contribution in [2.24, 2.45) is 17.6 Å². The van der Waals surface area contributed by atoms with Crippen molar-refractivity contribution < 1.29 is 29.3 Å². The Balaban J connectivity index is 1.82. The normalized spacial score (nSPS) is 21.4. The minimum absolute atomic E-state index is 0.0387. The van der Waals surface area contributed by atoms with Crippen molar-refractivity contribution in [1.82, 2.24) is 5.32 Å². The molecule has 1 amide bonds. The van der Waals surface area contributed by atoms with Gasteiger partial charge in [-0.1, -0.05) is 30.3 Å². The van der Waals surface area contributed by atoms with Gasteiger partial charge in [0, 0.05) is 0 Å². The Morgan fingerprint density at radius 3 is 2.46 bits per heavy atom. The van der Waals surface area contributed by atoms with Crippen molar-refractivity contribution in [3.8, 4) is 0 Å². The molecule has 1 aliphatic carbocycles. The van der Waals surface area contributed by atoms with Gasteiger partial charge in [-0.2, -0.15) is 0 Å². The van der Waals surface area contributed by atoms with Crippen molar-refractivity contribution in [3.63, 3.8) is 0 Å². The fourth-order valence-electron chi connectivity index (χ4n) is 2.62. The van der Waals surface area contributed by atoms with Gasteiger partial charge >= 0.3 is 18.0 Å². The number of ether oxygens (including phenoxy) is 1. The lowest BCUT2D eigenvalue weighted by Crippen LogP contribution is -2.43. The second kappa shape index (κ2) is 7.78. The zero-order valence-corrected chi connectivity index (χ0v) is 12.9. The fourth-order valence-corrected chi connectivity index (χ4v) is 2.62. The minimum atomic E-state index is -1.18. The van der Waals surface area contributed by atoms with Crippen LogP contribution in [0.2, 0.25) is 0 Å². The van der Waals surface area contributed by atoms with E-state index in [1.54, 1.807) is 24.3 Å². The molecule has 0 aromatic heterocycles. The van der Waals surface area contributed by atoms with Crippen LogP contribution in [0.1, 0.15) is 18.4 Å². The number of alkyl carbamates (subject to hydrolysis) is 1. The van der Waals surface area contributed by atoms with Crippen LogP contribution in [0.25, 0.3) is 0 Å². The summed E-state index contributed by atoms with van der Waals surface area (Å²) in [5.74, 6) is -2.77. The topological polar surface area (TPSA) is 139 Å². The predicted molar refractivity (Wildman–Crippen MR) is 83.0 cm³/mol. The summed E-state index contributed by atoms with van der Waals surface area (Å²) >= 11 is 0. The summed E-state index contributed by atoms with van der Waals surface area (Å²) < 4.78 is 5.01. The molecule has 24 heavy (non-hydrogen) atoms. The first-order chi connectivity index (χ1) is 11.4. The number of aliphatic carboxylic acids is 2. The number of nitrogens with one attached hydrogen (secondary N) is 1.